The van der Waals surface area contributed by atoms with Crippen molar-refractivity contribution in [3.05, 3.63) is 30.5 Å². The Labute approximate surface area is 104 Å². The Morgan fingerprint density at radius 1 is 1.33 bits per heavy atom. The van der Waals surface area contributed by atoms with Crippen LogP contribution in [0.25, 0.3) is 11.0 Å². The zero-order valence-corrected chi connectivity index (χ0v) is 9.78. The molecule has 0 saturated carbocycles. The Morgan fingerprint density at radius 3 is 2.78 bits per heavy atom. The number of aromatic nitrogens is 2. The van der Waals surface area contributed by atoms with Crippen LogP contribution >= 0.6 is 0 Å². The number of carbonyl (C=O) groups is 1. The summed E-state index contributed by atoms with van der Waals surface area (Å²) >= 11 is 0. The van der Waals surface area contributed by atoms with E-state index in [2.05, 4.69) is 14.9 Å². The van der Waals surface area contributed by atoms with Crippen molar-refractivity contribution in [1.82, 2.24) is 9.97 Å². The first kappa shape index (κ1) is 11.0. The summed E-state index contributed by atoms with van der Waals surface area (Å²) in [6.07, 6.45) is 1.98. The van der Waals surface area contributed by atoms with Crippen molar-refractivity contribution in [3.8, 4) is 0 Å². The van der Waals surface area contributed by atoms with Gasteiger partial charge in [-0.1, -0.05) is 12.1 Å². The van der Waals surface area contributed by atoms with Crippen molar-refractivity contribution in [2.45, 2.75) is 6.42 Å². The van der Waals surface area contributed by atoms with Crippen LogP contribution < -0.4 is 4.90 Å². The number of hydrogen-bond donors (Lipinski definition) is 1. The highest BCUT2D eigenvalue weighted by Gasteiger charge is 2.29. The SMILES string of the molecule is O=C(O)CC1CN(c2cnc3ccccc3n2)C1. The molecule has 5 heteroatoms. The average Bonchev–Trinajstić information content (AvgIpc) is 2.32. The lowest BCUT2D eigenvalue weighted by Crippen LogP contribution is -2.48. The molecule has 0 unspecified atom stereocenters. The topological polar surface area (TPSA) is 66.3 Å². The molecule has 1 aromatic heterocycles. The van der Waals surface area contributed by atoms with Crippen LogP contribution in [-0.4, -0.2) is 34.1 Å². The van der Waals surface area contributed by atoms with Crippen LogP contribution in [-0.2, 0) is 4.79 Å². The largest absolute Gasteiger partial charge is 0.481 e. The van der Waals surface area contributed by atoms with E-state index in [0.29, 0.717) is 0 Å². The summed E-state index contributed by atoms with van der Waals surface area (Å²) in [6.45, 7) is 1.50. The predicted molar refractivity (Wildman–Crippen MR) is 67.5 cm³/mol. The number of carboxylic acid groups (broad SMARTS) is 1. The van der Waals surface area contributed by atoms with E-state index in [1.54, 1.807) is 6.20 Å². The number of benzene rings is 1. The van der Waals surface area contributed by atoms with Gasteiger partial charge in [0, 0.05) is 19.0 Å². The van der Waals surface area contributed by atoms with Crippen molar-refractivity contribution >= 4 is 22.8 Å². The number of aliphatic carboxylic acids is 1. The summed E-state index contributed by atoms with van der Waals surface area (Å²) in [7, 11) is 0. The van der Waals surface area contributed by atoms with Gasteiger partial charge in [-0.2, -0.15) is 0 Å². The lowest BCUT2D eigenvalue weighted by atomic mass is 9.97. The van der Waals surface area contributed by atoms with Gasteiger partial charge < -0.3 is 10.0 Å². The van der Waals surface area contributed by atoms with Crippen LogP contribution in [0.4, 0.5) is 5.82 Å². The molecule has 1 N–H and O–H groups in total. The summed E-state index contributed by atoms with van der Waals surface area (Å²) in [6, 6.07) is 7.73. The van der Waals surface area contributed by atoms with Gasteiger partial charge in [0.15, 0.2) is 0 Å². The molecule has 0 aliphatic carbocycles. The van der Waals surface area contributed by atoms with E-state index in [1.165, 1.54) is 0 Å². The lowest BCUT2D eigenvalue weighted by Gasteiger charge is -2.39. The highest BCUT2D eigenvalue weighted by Crippen LogP contribution is 2.25. The number of fused-ring (bicyclic) bond motifs is 1. The molecule has 18 heavy (non-hydrogen) atoms. The van der Waals surface area contributed by atoms with Gasteiger partial charge in [0.1, 0.15) is 5.82 Å². The van der Waals surface area contributed by atoms with Crippen LogP contribution in [0.15, 0.2) is 30.5 Å². The first-order chi connectivity index (χ1) is 8.72. The molecule has 1 aromatic carbocycles. The van der Waals surface area contributed by atoms with Crippen molar-refractivity contribution in [1.29, 1.82) is 0 Å². The Kier molecular flexibility index (Phi) is 2.59. The molecule has 2 heterocycles. The predicted octanol–water partition coefficient (Wildman–Crippen LogP) is 1.54. The molecule has 5 nitrogen and oxygen atoms in total. The third kappa shape index (κ3) is 1.99. The van der Waals surface area contributed by atoms with Crippen molar-refractivity contribution < 1.29 is 9.90 Å². The molecular formula is C13H13N3O2. The number of anilines is 1. The minimum atomic E-state index is -0.732. The number of nitrogens with zero attached hydrogens (tertiary/aromatic N) is 3. The second-order valence-corrected chi connectivity index (χ2v) is 4.59. The van der Waals surface area contributed by atoms with Crippen LogP contribution in [0, 0.1) is 5.92 Å². The van der Waals surface area contributed by atoms with E-state index in [0.717, 1.165) is 29.9 Å². The molecule has 1 fully saturated rings. The van der Waals surface area contributed by atoms with E-state index >= 15 is 0 Å². The summed E-state index contributed by atoms with van der Waals surface area (Å²) in [5.74, 6) is 0.329. The Hall–Kier alpha value is -2.17. The molecule has 0 radical (unpaired) electrons. The lowest BCUT2D eigenvalue weighted by molar-refractivity contribution is -0.138. The fraction of sp³-hybridized carbons (Fsp3) is 0.308. The Morgan fingerprint density at radius 2 is 2.06 bits per heavy atom. The minimum Gasteiger partial charge on any atom is -0.481 e. The molecular weight excluding hydrogens is 230 g/mol. The molecule has 1 aliphatic rings. The van der Waals surface area contributed by atoms with Crippen LogP contribution in [0.5, 0.6) is 0 Å². The van der Waals surface area contributed by atoms with Crippen molar-refractivity contribution in [2.24, 2.45) is 5.92 Å². The molecule has 92 valence electrons. The third-order valence-corrected chi connectivity index (χ3v) is 3.18. The summed E-state index contributed by atoms with van der Waals surface area (Å²) in [4.78, 5) is 21.5. The first-order valence-corrected chi connectivity index (χ1v) is 5.91. The second-order valence-electron chi connectivity index (χ2n) is 4.59. The maximum absolute atomic E-state index is 10.6. The van der Waals surface area contributed by atoms with E-state index in [4.69, 9.17) is 5.11 Å². The number of carboxylic acids is 1. The normalized spacial score (nSPS) is 15.7. The fourth-order valence-electron chi connectivity index (χ4n) is 2.23. The number of para-hydroxylation sites is 2. The van der Waals surface area contributed by atoms with Gasteiger partial charge in [-0.25, -0.2) is 4.98 Å². The maximum Gasteiger partial charge on any atom is 0.303 e. The second kappa shape index (κ2) is 4.25. The molecule has 0 atom stereocenters. The van der Waals surface area contributed by atoms with Gasteiger partial charge in [-0.05, 0) is 12.1 Å². The standard InChI is InChI=1S/C13H13N3O2/c17-13(18)5-9-7-16(8-9)12-6-14-10-3-1-2-4-11(10)15-12/h1-4,6,9H,5,7-8H2,(H,17,18). The molecule has 0 spiro atoms. The monoisotopic (exact) mass is 243 g/mol. The van der Waals surface area contributed by atoms with E-state index in [9.17, 15) is 4.79 Å². The van der Waals surface area contributed by atoms with Gasteiger partial charge in [0.05, 0.1) is 23.7 Å². The van der Waals surface area contributed by atoms with Crippen molar-refractivity contribution in [2.75, 3.05) is 18.0 Å². The quantitative estimate of drug-likeness (QED) is 0.885. The third-order valence-electron chi connectivity index (χ3n) is 3.18. The van der Waals surface area contributed by atoms with Crippen LogP contribution in [0.2, 0.25) is 0 Å². The Balaban J connectivity index is 1.74. The van der Waals surface area contributed by atoms with E-state index in [1.807, 2.05) is 24.3 Å². The first-order valence-electron chi connectivity index (χ1n) is 5.91. The fourth-order valence-corrected chi connectivity index (χ4v) is 2.23. The number of rotatable bonds is 3. The van der Waals surface area contributed by atoms with E-state index < -0.39 is 5.97 Å². The smallest absolute Gasteiger partial charge is 0.303 e. The Bertz CT molecular complexity index is 594. The summed E-state index contributed by atoms with van der Waals surface area (Å²) in [5.41, 5.74) is 1.75. The maximum atomic E-state index is 10.6. The van der Waals surface area contributed by atoms with Gasteiger partial charge >= 0.3 is 5.97 Å². The van der Waals surface area contributed by atoms with Gasteiger partial charge in [0.2, 0.25) is 0 Å². The van der Waals surface area contributed by atoms with E-state index in [-0.39, 0.29) is 12.3 Å². The molecule has 0 amide bonds. The highest BCUT2D eigenvalue weighted by molar-refractivity contribution is 5.75. The highest BCUT2D eigenvalue weighted by atomic mass is 16.4. The van der Waals surface area contributed by atoms with Crippen molar-refractivity contribution in [3.63, 3.8) is 0 Å². The van der Waals surface area contributed by atoms with Crippen LogP contribution in [0.3, 0.4) is 0 Å². The van der Waals surface area contributed by atoms with Gasteiger partial charge in [-0.15, -0.1) is 0 Å². The number of hydrogen-bond acceptors (Lipinski definition) is 4. The molecule has 3 rings (SSSR count). The van der Waals surface area contributed by atoms with Gasteiger partial charge in [-0.3, -0.25) is 9.78 Å². The zero-order valence-electron chi connectivity index (χ0n) is 9.78. The summed E-state index contributed by atoms with van der Waals surface area (Å²) in [5, 5.41) is 8.70. The molecule has 1 saturated heterocycles. The minimum absolute atomic E-state index is 0.232. The molecule has 0 bridgehead atoms. The summed E-state index contributed by atoms with van der Waals surface area (Å²) < 4.78 is 0. The molecule has 1 aliphatic heterocycles. The van der Waals surface area contributed by atoms with Gasteiger partial charge in [0.25, 0.3) is 0 Å². The molecule has 2 aromatic rings. The average molecular weight is 243 g/mol. The zero-order chi connectivity index (χ0) is 12.5. The van der Waals surface area contributed by atoms with Crippen LogP contribution in [0.1, 0.15) is 6.42 Å².